The van der Waals surface area contributed by atoms with E-state index in [9.17, 15) is 0 Å². The first-order valence-corrected chi connectivity index (χ1v) is 6.80. The van der Waals surface area contributed by atoms with E-state index < -0.39 is 0 Å². The lowest BCUT2D eigenvalue weighted by Crippen LogP contribution is -2.40. The van der Waals surface area contributed by atoms with Crippen LogP contribution in [0.5, 0.6) is 0 Å². The highest BCUT2D eigenvalue weighted by Crippen LogP contribution is 2.19. The second-order valence-electron chi connectivity index (χ2n) is 4.80. The Morgan fingerprint density at radius 1 is 1.33 bits per heavy atom. The van der Waals surface area contributed by atoms with Gasteiger partial charge in [-0.05, 0) is 18.9 Å². The fraction of sp³-hybridized carbons (Fsp3) is 0.500. The standard InChI is InChI=1S/C12H18N8O/c1-21-9-4-2-6-19(8-9)11-15-10(18-13)16-12(17-11)20-7-3-5-14-20/h3,5,7,9H,2,4,6,8,13H2,1H3,(H,15,16,17,18). The lowest BCUT2D eigenvalue weighted by molar-refractivity contribution is 0.0889. The molecule has 0 bridgehead atoms. The molecule has 0 spiro atoms. The molecule has 1 aliphatic rings. The SMILES string of the molecule is COC1CCCN(c2nc(NN)nc(-n3cccn3)n2)C1. The lowest BCUT2D eigenvalue weighted by Gasteiger charge is -2.31. The first kappa shape index (κ1) is 13.7. The van der Waals surface area contributed by atoms with Gasteiger partial charge in [0.15, 0.2) is 0 Å². The molecule has 0 saturated carbocycles. The van der Waals surface area contributed by atoms with Crippen LogP contribution in [0.4, 0.5) is 11.9 Å². The van der Waals surface area contributed by atoms with Crippen LogP contribution in [0.3, 0.4) is 0 Å². The van der Waals surface area contributed by atoms with Crippen molar-refractivity contribution in [1.29, 1.82) is 0 Å². The number of methoxy groups -OCH3 is 1. The van der Waals surface area contributed by atoms with E-state index in [4.69, 9.17) is 10.6 Å². The van der Waals surface area contributed by atoms with Crippen LogP contribution < -0.4 is 16.2 Å². The summed E-state index contributed by atoms with van der Waals surface area (Å²) in [6.07, 6.45) is 5.71. The van der Waals surface area contributed by atoms with Gasteiger partial charge in [-0.3, -0.25) is 5.43 Å². The van der Waals surface area contributed by atoms with Crippen LogP contribution in [0.25, 0.3) is 5.95 Å². The second kappa shape index (κ2) is 6.02. The van der Waals surface area contributed by atoms with Crippen LogP contribution in [0.1, 0.15) is 12.8 Å². The minimum absolute atomic E-state index is 0.193. The highest BCUT2D eigenvalue weighted by molar-refractivity contribution is 5.40. The molecular weight excluding hydrogens is 272 g/mol. The van der Waals surface area contributed by atoms with Gasteiger partial charge < -0.3 is 9.64 Å². The zero-order valence-electron chi connectivity index (χ0n) is 11.8. The molecule has 112 valence electrons. The molecule has 3 heterocycles. The Balaban J connectivity index is 1.92. The molecule has 0 amide bonds. The fourth-order valence-corrected chi connectivity index (χ4v) is 2.36. The molecule has 0 aromatic carbocycles. The van der Waals surface area contributed by atoms with Crippen LogP contribution in [-0.2, 0) is 4.74 Å². The Kier molecular flexibility index (Phi) is 3.93. The smallest absolute Gasteiger partial charge is 0.257 e. The van der Waals surface area contributed by atoms with E-state index in [0.717, 1.165) is 25.9 Å². The molecule has 0 radical (unpaired) electrons. The first-order valence-electron chi connectivity index (χ1n) is 6.80. The fourth-order valence-electron chi connectivity index (χ4n) is 2.36. The predicted octanol–water partition coefficient (Wildman–Crippen LogP) is -0.0419. The predicted molar refractivity (Wildman–Crippen MR) is 77.0 cm³/mol. The van der Waals surface area contributed by atoms with Gasteiger partial charge in [0.25, 0.3) is 5.95 Å². The summed E-state index contributed by atoms with van der Waals surface area (Å²) in [6, 6.07) is 1.81. The average molecular weight is 290 g/mol. The summed E-state index contributed by atoms with van der Waals surface area (Å²) in [7, 11) is 1.73. The monoisotopic (exact) mass is 290 g/mol. The van der Waals surface area contributed by atoms with Crippen LogP contribution in [0.15, 0.2) is 18.5 Å². The maximum absolute atomic E-state index is 5.45. The summed E-state index contributed by atoms with van der Waals surface area (Å²) in [4.78, 5) is 15.1. The van der Waals surface area contributed by atoms with Gasteiger partial charge >= 0.3 is 0 Å². The molecule has 3 N–H and O–H groups in total. The second-order valence-corrected chi connectivity index (χ2v) is 4.80. The van der Waals surface area contributed by atoms with Gasteiger partial charge in [-0.25, -0.2) is 10.5 Å². The number of nitrogens with zero attached hydrogens (tertiary/aromatic N) is 6. The number of hydrazine groups is 1. The Bertz CT molecular complexity index is 587. The lowest BCUT2D eigenvalue weighted by atomic mass is 10.1. The summed E-state index contributed by atoms with van der Waals surface area (Å²) in [5, 5.41) is 4.13. The number of nitrogen functional groups attached to an aromatic ring is 1. The molecule has 3 rings (SSSR count). The molecule has 9 nitrogen and oxygen atoms in total. The first-order chi connectivity index (χ1) is 10.3. The van der Waals surface area contributed by atoms with Gasteiger partial charge in [-0.1, -0.05) is 0 Å². The number of piperidine rings is 1. The molecule has 1 fully saturated rings. The summed E-state index contributed by atoms with van der Waals surface area (Å²) in [5.74, 6) is 6.76. The maximum atomic E-state index is 5.45. The van der Waals surface area contributed by atoms with E-state index in [2.05, 4.69) is 30.4 Å². The van der Waals surface area contributed by atoms with Crippen molar-refractivity contribution in [2.75, 3.05) is 30.5 Å². The molecule has 9 heteroatoms. The third-order valence-corrected chi connectivity index (χ3v) is 3.44. The Morgan fingerprint density at radius 2 is 2.19 bits per heavy atom. The Labute approximate surface area is 122 Å². The largest absolute Gasteiger partial charge is 0.380 e. The number of ether oxygens (including phenoxy) is 1. The topological polar surface area (TPSA) is 107 Å². The number of nitrogens with two attached hydrogens (primary N) is 1. The maximum Gasteiger partial charge on any atom is 0.257 e. The molecule has 1 aliphatic heterocycles. The van der Waals surface area contributed by atoms with Crippen molar-refractivity contribution in [3.8, 4) is 5.95 Å². The van der Waals surface area contributed by atoms with Crippen molar-refractivity contribution in [1.82, 2.24) is 24.7 Å². The highest BCUT2D eigenvalue weighted by Gasteiger charge is 2.22. The van der Waals surface area contributed by atoms with Crippen molar-refractivity contribution in [3.05, 3.63) is 18.5 Å². The highest BCUT2D eigenvalue weighted by atomic mass is 16.5. The van der Waals surface area contributed by atoms with Gasteiger partial charge in [0.2, 0.25) is 11.9 Å². The van der Waals surface area contributed by atoms with Gasteiger partial charge in [-0.2, -0.15) is 20.1 Å². The summed E-state index contributed by atoms with van der Waals surface area (Å²) >= 11 is 0. The van der Waals surface area contributed by atoms with Gasteiger partial charge in [-0.15, -0.1) is 0 Å². The number of nitrogens with one attached hydrogen (secondary N) is 1. The van der Waals surface area contributed by atoms with Crippen molar-refractivity contribution < 1.29 is 4.74 Å². The van der Waals surface area contributed by atoms with Crippen molar-refractivity contribution in [2.45, 2.75) is 18.9 Å². The van der Waals surface area contributed by atoms with Gasteiger partial charge in [0.05, 0.1) is 6.10 Å². The molecular formula is C12H18N8O. The number of hydrogen-bond donors (Lipinski definition) is 2. The molecule has 1 saturated heterocycles. The molecule has 1 unspecified atom stereocenters. The number of anilines is 2. The minimum atomic E-state index is 0.193. The number of hydrogen-bond acceptors (Lipinski definition) is 8. The van der Waals surface area contributed by atoms with Gasteiger partial charge in [0, 0.05) is 32.6 Å². The molecule has 21 heavy (non-hydrogen) atoms. The quantitative estimate of drug-likeness (QED) is 0.596. The number of aromatic nitrogens is 5. The van der Waals surface area contributed by atoms with Crippen molar-refractivity contribution in [3.63, 3.8) is 0 Å². The zero-order valence-corrected chi connectivity index (χ0v) is 11.8. The van der Waals surface area contributed by atoms with E-state index >= 15 is 0 Å². The van der Waals surface area contributed by atoms with Crippen LogP contribution in [0.2, 0.25) is 0 Å². The van der Waals surface area contributed by atoms with Crippen LogP contribution >= 0.6 is 0 Å². The Hall–Kier alpha value is -2.26. The minimum Gasteiger partial charge on any atom is -0.380 e. The molecule has 2 aromatic heterocycles. The average Bonchev–Trinajstić information content (AvgIpc) is 3.09. The van der Waals surface area contributed by atoms with Crippen LogP contribution in [-0.4, -0.2) is 51.0 Å². The Morgan fingerprint density at radius 3 is 2.90 bits per heavy atom. The third-order valence-electron chi connectivity index (χ3n) is 3.44. The normalized spacial score (nSPS) is 18.8. The van der Waals surface area contributed by atoms with Crippen molar-refractivity contribution >= 4 is 11.9 Å². The number of rotatable bonds is 4. The van der Waals surface area contributed by atoms with Gasteiger partial charge in [0.1, 0.15) is 0 Å². The summed E-state index contributed by atoms with van der Waals surface area (Å²) in [5.41, 5.74) is 2.47. The molecule has 2 aromatic rings. The van der Waals surface area contributed by atoms with Crippen LogP contribution in [0, 0.1) is 0 Å². The summed E-state index contributed by atoms with van der Waals surface area (Å²) < 4.78 is 7.00. The zero-order chi connectivity index (χ0) is 14.7. The van der Waals surface area contributed by atoms with Crippen molar-refractivity contribution in [2.24, 2.45) is 5.84 Å². The molecule has 0 aliphatic carbocycles. The van der Waals surface area contributed by atoms with E-state index in [1.165, 1.54) is 0 Å². The van der Waals surface area contributed by atoms with E-state index in [1.807, 2.05) is 0 Å². The third kappa shape index (κ3) is 2.93. The van der Waals surface area contributed by atoms with E-state index in [1.54, 1.807) is 30.3 Å². The van der Waals surface area contributed by atoms with E-state index in [0.29, 0.717) is 17.8 Å². The summed E-state index contributed by atoms with van der Waals surface area (Å²) in [6.45, 7) is 1.63. The molecule has 1 atom stereocenters. The van der Waals surface area contributed by atoms with E-state index in [-0.39, 0.29) is 6.10 Å².